The number of carbonyl (C=O) groups excluding carboxylic acids is 1. The number of aryl methyl sites for hydroxylation is 2. The van der Waals surface area contributed by atoms with E-state index in [1.807, 2.05) is 61.0 Å². The number of anilines is 1. The van der Waals surface area contributed by atoms with Crippen molar-refractivity contribution in [3.63, 3.8) is 0 Å². The van der Waals surface area contributed by atoms with Crippen LogP contribution in [-0.4, -0.2) is 15.5 Å². The molecular weight excluding hydrogens is 330 g/mol. The van der Waals surface area contributed by atoms with Gasteiger partial charge in [0.1, 0.15) is 5.82 Å². The van der Waals surface area contributed by atoms with Crippen LogP contribution < -0.4 is 5.32 Å². The standard InChI is InChI=1S/C16H14BrN3O/c1-10-18-14-8-11(6-7-15(14)20(10)2)16(21)19-13-5-3-4-12(17)9-13/h3-9H,1-2H3,(H,19,21). The molecule has 0 saturated carbocycles. The number of nitrogens with one attached hydrogen (secondary N) is 1. The van der Waals surface area contributed by atoms with Gasteiger partial charge in [-0.1, -0.05) is 22.0 Å². The number of hydrogen-bond donors (Lipinski definition) is 1. The fraction of sp³-hybridized carbons (Fsp3) is 0.125. The normalized spacial score (nSPS) is 10.8. The van der Waals surface area contributed by atoms with E-state index >= 15 is 0 Å². The number of hydrogen-bond acceptors (Lipinski definition) is 2. The van der Waals surface area contributed by atoms with E-state index in [2.05, 4.69) is 26.2 Å². The van der Waals surface area contributed by atoms with Crippen LogP contribution in [-0.2, 0) is 7.05 Å². The fourth-order valence-corrected chi connectivity index (χ4v) is 2.63. The van der Waals surface area contributed by atoms with E-state index in [-0.39, 0.29) is 5.91 Å². The largest absolute Gasteiger partial charge is 0.331 e. The van der Waals surface area contributed by atoms with Crippen molar-refractivity contribution in [2.45, 2.75) is 6.92 Å². The number of aromatic nitrogens is 2. The average Bonchev–Trinajstić information content (AvgIpc) is 2.73. The molecule has 0 aliphatic rings. The molecule has 1 amide bonds. The molecule has 3 rings (SSSR count). The molecule has 2 aromatic carbocycles. The second-order valence-corrected chi connectivity index (χ2v) is 5.80. The lowest BCUT2D eigenvalue weighted by atomic mass is 10.2. The number of imidazole rings is 1. The van der Waals surface area contributed by atoms with Crippen LogP contribution in [0.25, 0.3) is 11.0 Å². The SMILES string of the molecule is Cc1nc2cc(C(=O)Nc3cccc(Br)c3)ccc2n1C. The van der Waals surface area contributed by atoms with Gasteiger partial charge in [-0.3, -0.25) is 4.79 Å². The number of carbonyl (C=O) groups is 1. The predicted octanol–water partition coefficient (Wildman–Crippen LogP) is 3.90. The third-order valence-corrected chi connectivity index (χ3v) is 3.94. The third kappa shape index (κ3) is 2.69. The highest BCUT2D eigenvalue weighted by Gasteiger charge is 2.10. The van der Waals surface area contributed by atoms with Crippen molar-refractivity contribution in [1.82, 2.24) is 9.55 Å². The topological polar surface area (TPSA) is 46.9 Å². The molecule has 0 saturated heterocycles. The zero-order valence-corrected chi connectivity index (χ0v) is 13.3. The lowest BCUT2D eigenvalue weighted by molar-refractivity contribution is 0.102. The molecular formula is C16H14BrN3O. The van der Waals surface area contributed by atoms with E-state index < -0.39 is 0 Å². The summed E-state index contributed by atoms with van der Waals surface area (Å²) in [6, 6.07) is 13.1. The van der Waals surface area contributed by atoms with E-state index in [1.165, 1.54) is 0 Å². The Hall–Kier alpha value is -2.14. The van der Waals surface area contributed by atoms with Gasteiger partial charge in [-0.25, -0.2) is 4.98 Å². The first-order chi connectivity index (χ1) is 10.0. The average molecular weight is 344 g/mol. The number of rotatable bonds is 2. The summed E-state index contributed by atoms with van der Waals surface area (Å²) in [4.78, 5) is 16.8. The minimum absolute atomic E-state index is 0.140. The number of benzene rings is 2. The van der Waals surface area contributed by atoms with Gasteiger partial charge >= 0.3 is 0 Å². The van der Waals surface area contributed by atoms with Crippen LogP contribution in [0.2, 0.25) is 0 Å². The zero-order chi connectivity index (χ0) is 15.0. The first-order valence-electron chi connectivity index (χ1n) is 6.54. The summed E-state index contributed by atoms with van der Waals surface area (Å²) in [5.74, 6) is 0.785. The number of amides is 1. The van der Waals surface area contributed by atoms with Crippen molar-refractivity contribution in [1.29, 1.82) is 0 Å². The number of nitrogens with zero attached hydrogens (tertiary/aromatic N) is 2. The maximum atomic E-state index is 12.3. The Morgan fingerprint density at radius 2 is 2.05 bits per heavy atom. The number of fused-ring (bicyclic) bond motifs is 1. The molecule has 1 heterocycles. The summed E-state index contributed by atoms with van der Waals surface area (Å²) in [5, 5.41) is 2.88. The van der Waals surface area contributed by atoms with Gasteiger partial charge in [0.05, 0.1) is 11.0 Å². The molecule has 0 fully saturated rings. The Balaban J connectivity index is 1.91. The summed E-state index contributed by atoms with van der Waals surface area (Å²) in [6.07, 6.45) is 0. The van der Waals surface area contributed by atoms with Gasteiger partial charge in [-0.05, 0) is 43.3 Å². The molecule has 0 aliphatic heterocycles. The second kappa shape index (κ2) is 5.33. The summed E-state index contributed by atoms with van der Waals surface area (Å²) >= 11 is 3.39. The molecule has 0 aliphatic carbocycles. The van der Waals surface area contributed by atoms with Gasteiger partial charge in [-0.15, -0.1) is 0 Å². The maximum absolute atomic E-state index is 12.3. The van der Waals surface area contributed by atoms with Crippen molar-refractivity contribution in [3.8, 4) is 0 Å². The van der Waals surface area contributed by atoms with Crippen molar-refractivity contribution in [2.75, 3.05) is 5.32 Å². The molecule has 1 N–H and O–H groups in total. The summed E-state index contributed by atoms with van der Waals surface area (Å²) < 4.78 is 2.93. The van der Waals surface area contributed by atoms with Crippen LogP contribution in [0.15, 0.2) is 46.9 Å². The molecule has 4 nitrogen and oxygen atoms in total. The highest BCUT2D eigenvalue weighted by molar-refractivity contribution is 9.10. The quantitative estimate of drug-likeness (QED) is 0.767. The number of halogens is 1. The summed E-state index contributed by atoms with van der Waals surface area (Å²) in [7, 11) is 1.96. The summed E-state index contributed by atoms with van der Waals surface area (Å²) in [6.45, 7) is 1.95. The van der Waals surface area contributed by atoms with Crippen LogP contribution >= 0.6 is 15.9 Å². The van der Waals surface area contributed by atoms with Gasteiger partial charge in [0.2, 0.25) is 0 Å². The molecule has 0 unspecified atom stereocenters. The molecule has 0 atom stereocenters. The van der Waals surface area contributed by atoms with Crippen molar-refractivity contribution in [2.24, 2.45) is 7.05 Å². The first-order valence-corrected chi connectivity index (χ1v) is 7.34. The predicted molar refractivity (Wildman–Crippen MR) is 87.5 cm³/mol. The van der Waals surface area contributed by atoms with Gasteiger partial charge in [-0.2, -0.15) is 0 Å². The van der Waals surface area contributed by atoms with Crippen molar-refractivity contribution in [3.05, 3.63) is 58.3 Å². The Morgan fingerprint density at radius 3 is 2.81 bits per heavy atom. The lowest BCUT2D eigenvalue weighted by Crippen LogP contribution is -2.11. The maximum Gasteiger partial charge on any atom is 0.255 e. The van der Waals surface area contributed by atoms with Crippen LogP contribution in [0.1, 0.15) is 16.2 Å². The van der Waals surface area contributed by atoms with Gasteiger partial charge in [0, 0.05) is 22.8 Å². The fourth-order valence-electron chi connectivity index (χ4n) is 2.23. The highest BCUT2D eigenvalue weighted by Crippen LogP contribution is 2.19. The van der Waals surface area contributed by atoms with E-state index in [0.29, 0.717) is 5.56 Å². The smallest absolute Gasteiger partial charge is 0.255 e. The Kier molecular flexibility index (Phi) is 3.51. The van der Waals surface area contributed by atoms with Gasteiger partial charge in [0.25, 0.3) is 5.91 Å². The Labute approximate surface area is 130 Å². The van der Waals surface area contributed by atoms with Gasteiger partial charge in [0.15, 0.2) is 0 Å². The lowest BCUT2D eigenvalue weighted by Gasteiger charge is -2.06. The monoisotopic (exact) mass is 343 g/mol. The first kappa shape index (κ1) is 13.8. The molecule has 5 heteroatoms. The van der Waals surface area contributed by atoms with E-state index in [1.54, 1.807) is 0 Å². The minimum Gasteiger partial charge on any atom is -0.331 e. The highest BCUT2D eigenvalue weighted by atomic mass is 79.9. The molecule has 1 aromatic heterocycles. The van der Waals surface area contributed by atoms with E-state index in [0.717, 1.165) is 27.0 Å². The third-order valence-electron chi connectivity index (χ3n) is 3.45. The van der Waals surface area contributed by atoms with Crippen LogP contribution in [0, 0.1) is 6.92 Å². The molecule has 0 spiro atoms. The Morgan fingerprint density at radius 1 is 1.24 bits per heavy atom. The second-order valence-electron chi connectivity index (χ2n) is 4.89. The molecule has 21 heavy (non-hydrogen) atoms. The van der Waals surface area contributed by atoms with Crippen molar-refractivity contribution >= 4 is 38.6 Å². The molecule has 0 bridgehead atoms. The van der Waals surface area contributed by atoms with Gasteiger partial charge < -0.3 is 9.88 Å². The van der Waals surface area contributed by atoms with E-state index in [9.17, 15) is 4.79 Å². The molecule has 3 aromatic rings. The van der Waals surface area contributed by atoms with E-state index in [4.69, 9.17) is 0 Å². The van der Waals surface area contributed by atoms with Crippen LogP contribution in [0.3, 0.4) is 0 Å². The molecule has 106 valence electrons. The molecule has 0 radical (unpaired) electrons. The minimum atomic E-state index is -0.140. The van der Waals surface area contributed by atoms with Crippen LogP contribution in [0.5, 0.6) is 0 Å². The zero-order valence-electron chi connectivity index (χ0n) is 11.7. The van der Waals surface area contributed by atoms with Crippen LogP contribution in [0.4, 0.5) is 5.69 Å². The van der Waals surface area contributed by atoms with Crippen molar-refractivity contribution < 1.29 is 4.79 Å². The Bertz CT molecular complexity index is 839. The summed E-state index contributed by atoms with van der Waals surface area (Å²) in [5.41, 5.74) is 3.20.